The molecule has 0 saturated carbocycles. The standard InChI is InChI=1S/C25H29NO6/c1-6-26(7-2)22(27)14-19(16-8-10-17(29-3)11-9-16)24-21(31-5)15-20(30-4)18-12-13-23(28)32-25(18)24/h8-13,15,19H,6-7,14H2,1-5H3/t19-/m1/s1. The number of benzene rings is 2. The summed E-state index contributed by atoms with van der Waals surface area (Å²) >= 11 is 0. The minimum Gasteiger partial charge on any atom is -0.497 e. The average Bonchev–Trinajstić information content (AvgIpc) is 2.82. The van der Waals surface area contributed by atoms with E-state index in [2.05, 4.69) is 0 Å². The van der Waals surface area contributed by atoms with E-state index in [0.717, 1.165) is 5.56 Å². The molecule has 0 N–H and O–H groups in total. The largest absolute Gasteiger partial charge is 0.497 e. The molecule has 170 valence electrons. The van der Waals surface area contributed by atoms with Crippen LogP contribution in [-0.4, -0.2) is 45.2 Å². The molecule has 3 rings (SSSR count). The summed E-state index contributed by atoms with van der Waals surface area (Å²) in [6, 6.07) is 12.3. The van der Waals surface area contributed by atoms with E-state index >= 15 is 0 Å². The number of fused-ring (bicyclic) bond motifs is 1. The Morgan fingerprint density at radius 3 is 2.16 bits per heavy atom. The van der Waals surface area contributed by atoms with Crippen LogP contribution in [0.5, 0.6) is 17.2 Å². The van der Waals surface area contributed by atoms with Crippen molar-refractivity contribution in [1.29, 1.82) is 0 Å². The van der Waals surface area contributed by atoms with Gasteiger partial charge in [0.2, 0.25) is 5.91 Å². The molecule has 0 unspecified atom stereocenters. The Hall–Kier alpha value is -3.48. The molecular formula is C25H29NO6. The molecule has 7 nitrogen and oxygen atoms in total. The van der Waals surface area contributed by atoms with E-state index in [4.69, 9.17) is 18.6 Å². The Balaban J connectivity index is 2.28. The fourth-order valence-corrected chi connectivity index (χ4v) is 3.97. The lowest BCUT2D eigenvalue weighted by Crippen LogP contribution is -2.31. The van der Waals surface area contributed by atoms with Crippen molar-refractivity contribution in [3.8, 4) is 17.2 Å². The number of ether oxygens (including phenoxy) is 3. The molecule has 1 amide bonds. The molecule has 1 atom stereocenters. The smallest absolute Gasteiger partial charge is 0.336 e. The molecule has 2 aromatic carbocycles. The maximum Gasteiger partial charge on any atom is 0.336 e. The third-order valence-electron chi connectivity index (χ3n) is 5.67. The van der Waals surface area contributed by atoms with Gasteiger partial charge in [0.05, 0.1) is 26.7 Å². The molecule has 0 aliphatic heterocycles. The molecule has 0 saturated heterocycles. The average molecular weight is 440 g/mol. The van der Waals surface area contributed by atoms with Crippen LogP contribution in [0.3, 0.4) is 0 Å². The van der Waals surface area contributed by atoms with E-state index < -0.39 is 11.5 Å². The van der Waals surface area contributed by atoms with Gasteiger partial charge in [-0.1, -0.05) is 12.1 Å². The highest BCUT2D eigenvalue weighted by molar-refractivity contribution is 5.90. The fraction of sp³-hybridized carbons (Fsp3) is 0.360. The Morgan fingerprint density at radius 1 is 0.938 bits per heavy atom. The summed E-state index contributed by atoms with van der Waals surface area (Å²) in [7, 11) is 4.69. The number of carbonyl (C=O) groups excluding carboxylic acids is 1. The van der Waals surface area contributed by atoms with E-state index in [0.29, 0.717) is 46.9 Å². The lowest BCUT2D eigenvalue weighted by Gasteiger charge is -2.25. The SMILES string of the molecule is CCN(CC)C(=O)C[C@H](c1ccc(OC)cc1)c1c(OC)cc(OC)c2ccc(=O)oc12. The van der Waals surface area contributed by atoms with Crippen molar-refractivity contribution in [3.63, 3.8) is 0 Å². The Kier molecular flexibility index (Phi) is 7.41. The van der Waals surface area contributed by atoms with E-state index in [1.54, 1.807) is 38.4 Å². The second-order valence-corrected chi connectivity index (χ2v) is 7.29. The van der Waals surface area contributed by atoms with E-state index in [1.807, 2.05) is 38.1 Å². The summed E-state index contributed by atoms with van der Waals surface area (Å²) in [6.45, 7) is 5.12. The van der Waals surface area contributed by atoms with Crippen LogP contribution in [0.2, 0.25) is 0 Å². The molecule has 0 bridgehead atoms. The first-order valence-electron chi connectivity index (χ1n) is 10.6. The zero-order valence-corrected chi connectivity index (χ0v) is 19.1. The first-order chi connectivity index (χ1) is 15.5. The van der Waals surface area contributed by atoms with Crippen molar-refractivity contribution in [2.24, 2.45) is 0 Å². The van der Waals surface area contributed by atoms with Gasteiger partial charge in [0.15, 0.2) is 0 Å². The van der Waals surface area contributed by atoms with Crippen LogP contribution < -0.4 is 19.8 Å². The lowest BCUT2D eigenvalue weighted by molar-refractivity contribution is -0.131. The van der Waals surface area contributed by atoms with Crippen molar-refractivity contribution in [2.75, 3.05) is 34.4 Å². The zero-order valence-electron chi connectivity index (χ0n) is 19.1. The third-order valence-corrected chi connectivity index (χ3v) is 5.67. The minimum absolute atomic E-state index is 0.000109. The maximum atomic E-state index is 13.2. The number of amides is 1. The van der Waals surface area contributed by atoms with Gasteiger partial charge in [0.25, 0.3) is 0 Å². The second-order valence-electron chi connectivity index (χ2n) is 7.29. The summed E-state index contributed by atoms with van der Waals surface area (Å²) < 4.78 is 22.1. The van der Waals surface area contributed by atoms with Crippen molar-refractivity contribution in [3.05, 3.63) is 64.0 Å². The summed E-state index contributed by atoms with van der Waals surface area (Å²) in [5.74, 6) is 1.30. The monoisotopic (exact) mass is 439 g/mol. The van der Waals surface area contributed by atoms with Gasteiger partial charge in [-0.05, 0) is 37.6 Å². The predicted octanol–water partition coefficient (Wildman–Crippen LogP) is 4.21. The summed E-state index contributed by atoms with van der Waals surface area (Å²) in [4.78, 5) is 27.1. The minimum atomic E-state index is -0.488. The van der Waals surface area contributed by atoms with Gasteiger partial charge in [-0.25, -0.2) is 4.79 Å². The predicted molar refractivity (Wildman–Crippen MR) is 123 cm³/mol. The highest BCUT2D eigenvalue weighted by Gasteiger charge is 2.28. The van der Waals surface area contributed by atoms with Crippen molar-refractivity contribution in [2.45, 2.75) is 26.2 Å². The van der Waals surface area contributed by atoms with Crippen LogP contribution in [-0.2, 0) is 4.79 Å². The fourth-order valence-electron chi connectivity index (χ4n) is 3.97. The van der Waals surface area contributed by atoms with Crippen LogP contribution in [0, 0.1) is 0 Å². The Labute approximate surface area is 187 Å². The molecule has 32 heavy (non-hydrogen) atoms. The molecule has 7 heteroatoms. The molecule has 0 fully saturated rings. The molecule has 3 aromatic rings. The lowest BCUT2D eigenvalue weighted by atomic mass is 9.86. The van der Waals surface area contributed by atoms with Crippen LogP contribution >= 0.6 is 0 Å². The first-order valence-corrected chi connectivity index (χ1v) is 10.6. The highest BCUT2D eigenvalue weighted by atomic mass is 16.5. The zero-order chi connectivity index (χ0) is 23.3. The molecule has 0 spiro atoms. The normalized spacial score (nSPS) is 11.8. The number of carbonyl (C=O) groups is 1. The quantitative estimate of drug-likeness (QED) is 0.465. The highest BCUT2D eigenvalue weighted by Crippen LogP contribution is 2.43. The van der Waals surface area contributed by atoms with Gasteiger partial charge < -0.3 is 23.5 Å². The topological polar surface area (TPSA) is 78.2 Å². The Morgan fingerprint density at radius 2 is 1.59 bits per heavy atom. The summed E-state index contributed by atoms with van der Waals surface area (Å²) in [6.07, 6.45) is 0.185. The van der Waals surface area contributed by atoms with Gasteiger partial charge in [-0.2, -0.15) is 0 Å². The molecule has 1 aromatic heterocycles. The van der Waals surface area contributed by atoms with Crippen LogP contribution in [0.1, 0.15) is 37.3 Å². The van der Waals surface area contributed by atoms with Crippen LogP contribution in [0.25, 0.3) is 11.0 Å². The van der Waals surface area contributed by atoms with E-state index in [9.17, 15) is 9.59 Å². The summed E-state index contributed by atoms with van der Waals surface area (Å²) in [5, 5.41) is 0.636. The van der Waals surface area contributed by atoms with Crippen LogP contribution in [0.15, 0.2) is 51.7 Å². The number of hydrogen-bond donors (Lipinski definition) is 0. The molecule has 1 heterocycles. The van der Waals surface area contributed by atoms with Crippen LogP contribution in [0.4, 0.5) is 0 Å². The van der Waals surface area contributed by atoms with Crippen molar-refractivity contribution >= 4 is 16.9 Å². The van der Waals surface area contributed by atoms with Gasteiger partial charge in [-0.3, -0.25) is 4.79 Å². The van der Waals surface area contributed by atoms with E-state index in [-0.39, 0.29) is 12.3 Å². The van der Waals surface area contributed by atoms with Gasteiger partial charge in [-0.15, -0.1) is 0 Å². The van der Waals surface area contributed by atoms with Gasteiger partial charge in [0, 0.05) is 43.1 Å². The third kappa shape index (κ3) is 4.56. The Bertz CT molecular complexity index is 1130. The molecule has 0 aliphatic rings. The summed E-state index contributed by atoms with van der Waals surface area (Å²) in [5.41, 5.74) is 1.37. The van der Waals surface area contributed by atoms with Crippen molar-refractivity contribution < 1.29 is 23.4 Å². The number of methoxy groups -OCH3 is 3. The second kappa shape index (κ2) is 10.2. The number of hydrogen-bond acceptors (Lipinski definition) is 6. The first kappa shape index (κ1) is 23.2. The number of rotatable bonds is 9. The molecule has 0 radical (unpaired) electrons. The molecular weight excluding hydrogens is 410 g/mol. The maximum absolute atomic E-state index is 13.2. The molecule has 0 aliphatic carbocycles. The van der Waals surface area contributed by atoms with Gasteiger partial charge >= 0.3 is 5.63 Å². The van der Waals surface area contributed by atoms with E-state index in [1.165, 1.54) is 6.07 Å². The van der Waals surface area contributed by atoms with Gasteiger partial charge in [0.1, 0.15) is 22.8 Å². The number of nitrogens with zero attached hydrogens (tertiary/aromatic N) is 1. The van der Waals surface area contributed by atoms with Crippen molar-refractivity contribution in [1.82, 2.24) is 4.90 Å².